The molecule has 0 saturated carbocycles. The molecule has 1 unspecified atom stereocenters. The highest BCUT2D eigenvalue weighted by Gasteiger charge is 2.20. The third-order valence-electron chi connectivity index (χ3n) is 3.43. The minimum absolute atomic E-state index is 0.0701. The molecule has 0 aliphatic carbocycles. The molecule has 4 nitrogen and oxygen atoms in total. The number of rotatable bonds is 8. The number of Topliss-reactive ketones (excluding diaryl/α,β-unsaturated/α-hetero) is 1. The zero-order chi connectivity index (χ0) is 14.4. The van der Waals surface area contributed by atoms with Gasteiger partial charge < -0.3 is 5.73 Å². The molecule has 19 heavy (non-hydrogen) atoms. The van der Waals surface area contributed by atoms with Crippen molar-refractivity contribution in [2.45, 2.75) is 53.0 Å². The smallest absolute Gasteiger partial charge is 0.141 e. The summed E-state index contributed by atoms with van der Waals surface area (Å²) in [4.78, 5) is 12.2. The summed E-state index contributed by atoms with van der Waals surface area (Å²) in [6.45, 7) is 7.54. The average molecular weight is 330 g/mol. The number of aryl methyl sites for hydroxylation is 2. The molecule has 0 radical (unpaired) electrons. The molecule has 5 heteroatoms. The Hall–Kier alpha value is -0.680. The van der Waals surface area contributed by atoms with Crippen LogP contribution in [-0.2, 0) is 24.2 Å². The predicted octanol–water partition coefficient (Wildman–Crippen LogP) is 2.71. The second kappa shape index (κ2) is 7.80. The normalized spacial score (nSPS) is 12.7. The monoisotopic (exact) mass is 329 g/mol. The Morgan fingerprint density at radius 1 is 1.47 bits per heavy atom. The number of nitrogens with two attached hydrogens (primary N) is 1. The van der Waals surface area contributed by atoms with Crippen LogP contribution in [-0.4, -0.2) is 22.1 Å². The molecule has 1 heterocycles. The SMILES string of the molecule is CCc1nn(CC)c(CC(=O)C(C)CCCN)c1Br. The maximum absolute atomic E-state index is 12.2. The van der Waals surface area contributed by atoms with Gasteiger partial charge in [-0.05, 0) is 48.7 Å². The molecular formula is C14H24BrN3O. The van der Waals surface area contributed by atoms with E-state index in [1.165, 1.54) is 0 Å². The van der Waals surface area contributed by atoms with Crippen molar-refractivity contribution in [3.8, 4) is 0 Å². The summed E-state index contributed by atoms with van der Waals surface area (Å²) in [7, 11) is 0. The van der Waals surface area contributed by atoms with Crippen molar-refractivity contribution in [2.75, 3.05) is 6.54 Å². The third-order valence-corrected chi connectivity index (χ3v) is 4.34. The summed E-state index contributed by atoms with van der Waals surface area (Å²) in [5, 5.41) is 4.52. The van der Waals surface area contributed by atoms with E-state index in [2.05, 4.69) is 28.0 Å². The zero-order valence-corrected chi connectivity index (χ0v) is 13.7. The number of hydrogen-bond acceptors (Lipinski definition) is 3. The van der Waals surface area contributed by atoms with Crippen LogP contribution in [0.4, 0.5) is 0 Å². The summed E-state index contributed by atoms with van der Waals surface area (Å²) in [6, 6.07) is 0. The molecule has 108 valence electrons. The maximum Gasteiger partial charge on any atom is 0.141 e. The van der Waals surface area contributed by atoms with Gasteiger partial charge in [-0.25, -0.2) is 0 Å². The quantitative estimate of drug-likeness (QED) is 0.797. The van der Waals surface area contributed by atoms with Crippen LogP contribution in [0.15, 0.2) is 4.47 Å². The lowest BCUT2D eigenvalue weighted by Crippen LogP contribution is -2.17. The van der Waals surface area contributed by atoms with E-state index in [9.17, 15) is 4.79 Å². The fourth-order valence-electron chi connectivity index (χ4n) is 2.11. The van der Waals surface area contributed by atoms with Crippen molar-refractivity contribution in [2.24, 2.45) is 11.7 Å². The maximum atomic E-state index is 12.2. The topological polar surface area (TPSA) is 60.9 Å². The Bertz CT molecular complexity index is 429. The molecule has 1 aromatic heterocycles. The van der Waals surface area contributed by atoms with Crippen molar-refractivity contribution in [1.82, 2.24) is 9.78 Å². The van der Waals surface area contributed by atoms with E-state index in [0.29, 0.717) is 13.0 Å². The second-order valence-corrected chi connectivity index (χ2v) is 5.64. The number of aromatic nitrogens is 2. The molecule has 0 aliphatic heterocycles. The summed E-state index contributed by atoms with van der Waals surface area (Å²) < 4.78 is 2.92. The van der Waals surface area contributed by atoms with Gasteiger partial charge in [0, 0.05) is 18.9 Å². The largest absolute Gasteiger partial charge is 0.330 e. The Labute approximate surface area is 123 Å². The first-order valence-corrected chi connectivity index (χ1v) is 7.81. The molecule has 0 aliphatic rings. The fraction of sp³-hybridized carbons (Fsp3) is 0.714. The zero-order valence-electron chi connectivity index (χ0n) is 12.1. The van der Waals surface area contributed by atoms with Crippen molar-refractivity contribution in [1.29, 1.82) is 0 Å². The van der Waals surface area contributed by atoms with Crippen LogP contribution in [0.1, 0.15) is 45.0 Å². The summed E-state index contributed by atoms with van der Waals surface area (Å²) in [6.07, 6.45) is 3.10. The number of carbonyl (C=O) groups is 1. The van der Waals surface area contributed by atoms with Gasteiger partial charge in [0.25, 0.3) is 0 Å². The third kappa shape index (κ3) is 4.14. The summed E-state index contributed by atoms with van der Waals surface area (Å²) in [5.74, 6) is 0.340. The lowest BCUT2D eigenvalue weighted by molar-refractivity contribution is -0.122. The van der Waals surface area contributed by atoms with Crippen LogP contribution in [0.5, 0.6) is 0 Å². The van der Waals surface area contributed by atoms with E-state index < -0.39 is 0 Å². The molecule has 1 aromatic rings. The minimum atomic E-state index is 0.0701. The molecule has 0 fully saturated rings. The van der Waals surface area contributed by atoms with Gasteiger partial charge in [-0.3, -0.25) is 9.48 Å². The lowest BCUT2D eigenvalue weighted by Gasteiger charge is -2.11. The molecule has 0 amide bonds. The number of hydrogen-bond donors (Lipinski definition) is 1. The summed E-state index contributed by atoms with van der Waals surface area (Å²) >= 11 is 3.58. The first kappa shape index (κ1) is 16.4. The van der Waals surface area contributed by atoms with Crippen LogP contribution in [0.3, 0.4) is 0 Å². The van der Waals surface area contributed by atoms with Crippen LogP contribution < -0.4 is 5.73 Å². The molecule has 0 saturated heterocycles. The van der Waals surface area contributed by atoms with Gasteiger partial charge in [-0.15, -0.1) is 0 Å². The number of ketones is 1. The van der Waals surface area contributed by atoms with Crippen LogP contribution in [0.25, 0.3) is 0 Å². The fourth-order valence-corrected chi connectivity index (χ4v) is 2.81. The van der Waals surface area contributed by atoms with E-state index in [1.807, 2.05) is 18.5 Å². The van der Waals surface area contributed by atoms with Gasteiger partial charge in [0.2, 0.25) is 0 Å². The Balaban J connectivity index is 2.81. The molecule has 1 rings (SSSR count). The van der Waals surface area contributed by atoms with Gasteiger partial charge in [-0.2, -0.15) is 5.10 Å². The summed E-state index contributed by atoms with van der Waals surface area (Å²) in [5.41, 5.74) is 7.52. The highest BCUT2D eigenvalue weighted by atomic mass is 79.9. The van der Waals surface area contributed by atoms with Crippen LogP contribution in [0, 0.1) is 5.92 Å². The molecule has 0 aromatic carbocycles. The first-order valence-electron chi connectivity index (χ1n) is 7.01. The highest BCUT2D eigenvalue weighted by Crippen LogP contribution is 2.24. The minimum Gasteiger partial charge on any atom is -0.330 e. The average Bonchev–Trinajstić information content (AvgIpc) is 2.72. The second-order valence-electron chi connectivity index (χ2n) is 4.85. The highest BCUT2D eigenvalue weighted by molar-refractivity contribution is 9.10. The number of nitrogens with zero attached hydrogens (tertiary/aromatic N) is 2. The van der Waals surface area contributed by atoms with Crippen LogP contribution in [0.2, 0.25) is 0 Å². The molecule has 0 bridgehead atoms. The van der Waals surface area contributed by atoms with Crippen molar-refractivity contribution >= 4 is 21.7 Å². The molecule has 0 spiro atoms. The molecular weight excluding hydrogens is 306 g/mol. The standard InChI is InChI=1S/C14H24BrN3O/c1-4-11-14(15)12(18(5-2)17-11)9-13(19)10(3)7-6-8-16/h10H,4-9,16H2,1-3H3. The van der Waals surface area contributed by atoms with Crippen LogP contribution >= 0.6 is 15.9 Å². The Kier molecular flexibility index (Phi) is 6.72. The van der Waals surface area contributed by atoms with Gasteiger partial charge in [0.05, 0.1) is 15.9 Å². The number of carbonyl (C=O) groups excluding carboxylic acids is 1. The lowest BCUT2D eigenvalue weighted by atomic mass is 9.97. The molecule has 1 atom stereocenters. The molecule has 2 N–H and O–H groups in total. The number of halogens is 1. The van der Waals surface area contributed by atoms with Crippen molar-refractivity contribution in [3.63, 3.8) is 0 Å². The van der Waals surface area contributed by atoms with Crippen molar-refractivity contribution in [3.05, 3.63) is 15.9 Å². The first-order chi connectivity index (χ1) is 9.04. The van der Waals surface area contributed by atoms with Gasteiger partial charge >= 0.3 is 0 Å². The predicted molar refractivity (Wildman–Crippen MR) is 81.1 cm³/mol. The van der Waals surface area contributed by atoms with E-state index in [-0.39, 0.29) is 11.7 Å². The van der Waals surface area contributed by atoms with Crippen molar-refractivity contribution < 1.29 is 4.79 Å². The Morgan fingerprint density at radius 2 is 2.16 bits per heavy atom. The van der Waals surface area contributed by atoms with E-state index in [4.69, 9.17) is 5.73 Å². The Morgan fingerprint density at radius 3 is 2.68 bits per heavy atom. The van der Waals surface area contributed by atoms with Gasteiger partial charge in [0.1, 0.15) is 5.78 Å². The van der Waals surface area contributed by atoms with E-state index in [0.717, 1.165) is 41.7 Å². The van der Waals surface area contributed by atoms with Gasteiger partial charge in [-0.1, -0.05) is 13.8 Å². The van der Waals surface area contributed by atoms with Gasteiger partial charge in [0.15, 0.2) is 0 Å². The van der Waals surface area contributed by atoms with E-state index >= 15 is 0 Å². The van der Waals surface area contributed by atoms with E-state index in [1.54, 1.807) is 0 Å².